The molecule has 4 nitrogen and oxygen atoms in total. The van der Waals surface area contributed by atoms with E-state index in [-0.39, 0.29) is 5.92 Å². The van der Waals surface area contributed by atoms with Gasteiger partial charge in [0.25, 0.3) is 0 Å². The first-order valence-electron chi connectivity index (χ1n) is 5.40. The van der Waals surface area contributed by atoms with Gasteiger partial charge in [-0.2, -0.15) is 0 Å². The molecule has 1 saturated carbocycles. The number of hydrogen-bond donors (Lipinski definition) is 2. The van der Waals surface area contributed by atoms with Crippen molar-refractivity contribution < 1.29 is 5.21 Å². The van der Waals surface area contributed by atoms with E-state index < -0.39 is 0 Å². The maximum absolute atomic E-state index is 8.55. The van der Waals surface area contributed by atoms with Crippen molar-refractivity contribution in [2.45, 2.75) is 39.2 Å². The molecule has 0 aliphatic heterocycles. The highest BCUT2D eigenvalue weighted by molar-refractivity contribution is 5.82. The maximum Gasteiger partial charge on any atom is 0.143 e. The zero-order valence-corrected chi connectivity index (χ0v) is 9.11. The smallest absolute Gasteiger partial charge is 0.143 e. The Bertz CT molecular complexity index is 202. The van der Waals surface area contributed by atoms with E-state index >= 15 is 0 Å². The van der Waals surface area contributed by atoms with Gasteiger partial charge in [0.05, 0.1) is 0 Å². The second kappa shape index (κ2) is 5.20. The Morgan fingerprint density at radius 2 is 2.29 bits per heavy atom. The zero-order chi connectivity index (χ0) is 10.6. The Balaban J connectivity index is 2.38. The van der Waals surface area contributed by atoms with Crippen LogP contribution in [0.3, 0.4) is 0 Å². The van der Waals surface area contributed by atoms with Crippen molar-refractivity contribution in [3.05, 3.63) is 0 Å². The molecule has 1 aliphatic rings. The normalized spacial score (nSPS) is 20.1. The van der Waals surface area contributed by atoms with E-state index in [0.717, 1.165) is 19.1 Å². The number of oxime groups is 1. The van der Waals surface area contributed by atoms with Crippen molar-refractivity contribution in [2.75, 3.05) is 13.1 Å². The molecule has 1 unspecified atom stereocenters. The summed E-state index contributed by atoms with van der Waals surface area (Å²) in [7, 11) is 0. The molecule has 1 aliphatic carbocycles. The van der Waals surface area contributed by atoms with Gasteiger partial charge in [-0.05, 0) is 25.8 Å². The molecule has 0 spiro atoms. The third-order valence-corrected chi connectivity index (χ3v) is 2.70. The molecular weight excluding hydrogens is 178 g/mol. The summed E-state index contributed by atoms with van der Waals surface area (Å²) in [5, 5.41) is 11.6. The SMILES string of the molecule is CCCN(CC(C)/C(N)=N/O)C1CC1. The molecule has 4 heteroatoms. The first kappa shape index (κ1) is 11.3. The molecule has 3 N–H and O–H groups in total. The van der Waals surface area contributed by atoms with E-state index in [2.05, 4.69) is 17.0 Å². The molecule has 0 aromatic rings. The molecule has 1 rings (SSSR count). The van der Waals surface area contributed by atoms with Crippen LogP contribution in [0.1, 0.15) is 33.1 Å². The van der Waals surface area contributed by atoms with Gasteiger partial charge in [0.1, 0.15) is 5.84 Å². The van der Waals surface area contributed by atoms with Crippen LogP contribution in [0.25, 0.3) is 0 Å². The lowest BCUT2D eigenvalue weighted by Crippen LogP contribution is -2.36. The van der Waals surface area contributed by atoms with Gasteiger partial charge < -0.3 is 10.9 Å². The van der Waals surface area contributed by atoms with Gasteiger partial charge in [0.2, 0.25) is 0 Å². The summed E-state index contributed by atoms with van der Waals surface area (Å²) in [6.45, 7) is 6.21. The number of amidine groups is 1. The third-order valence-electron chi connectivity index (χ3n) is 2.70. The lowest BCUT2D eigenvalue weighted by molar-refractivity contribution is 0.244. The highest BCUT2D eigenvalue weighted by Gasteiger charge is 2.29. The summed E-state index contributed by atoms with van der Waals surface area (Å²) >= 11 is 0. The molecule has 0 aromatic heterocycles. The molecule has 0 amide bonds. The predicted molar refractivity (Wildman–Crippen MR) is 57.5 cm³/mol. The number of rotatable bonds is 6. The minimum Gasteiger partial charge on any atom is -0.409 e. The topological polar surface area (TPSA) is 61.8 Å². The van der Waals surface area contributed by atoms with Crippen LogP contribution in [0.2, 0.25) is 0 Å². The van der Waals surface area contributed by atoms with Crippen LogP contribution in [-0.4, -0.2) is 35.1 Å². The van der Waals surface area contributed by atoms with Gasteiger partial charge in [-0.3, -0.25) is 4.90 Å². The fourth-order valence-corrected chi connectivity index (χ4v) is 1.69. The predicted octanol–water partition coefficient (Wildman–Crippen LogP) is 1.24. The van der Waals surface area contributed by atoms with Crippen molar-refractivity contribution >= 4 is 5.84 Å². The average molecular weight is 199 g/mol. The third kappa shape index (κ3) is 3.18. The molecule has 1 fully saturated rings. The van der Waals surface area contributed by atoms with Crippen molar-refractivity contribution in [2.24, 2.45) is 16.8 Å². The van der Waals surface area contributed by atoms with E-state index in [1.165, 1.54) is 19.3 Å². The molecular formula is C10H21N3O. The summed E-state index contributed by atoms with van der Waals surface area (Å²) in [6.07, 6.45) is 3.78. The van der Waals surface area contributed by atoms with Crippen LogP contribution in [-0.2, 0) is 0 Å². The summed E-state index contributed by atoms with van der Waals surface area (Å²) in [5.41, 5.74) is 5.55. The molecule has 1 atom stereocenters. The summed E-state index contributed by atoms with van der Waals surface area (Å²) in [5.74, 6) is 0.485. The van der Waals surface area contributed by atoms with Crippen LogP contribution < -0.4 is 5.73 Å². The van der Waals surface area contributed by atoms with Gasteiger partial charge in [-0.25, -0.2) is 0 Å². The average Bonchev–Trinajstić information content (AvgIpc) is 2.99. The Morgan fingerprint density at radius 1 is 1.64 bits per heavy atom. The molecule has 14 heavy (non-hydrogen) atoms. The number of nitrogens with two attached hydrogens (primary N) is 1. The Morgan fingerprint density at radius 3 is 2.71 bits per heavy atom. The Hall–Kier alpha value is -0.770. The highest BCUT2D eigenvalue weighted by atomic mass is 16.4. The first-order valence-corrected chi connectivity index (χ1v) is 5.40. The molecule has 0 aromatic carbocycles. The fraction of sp³-hybridized carbons (Fsp3) is 0.900. The van der Waals surface area contributed by atoms with Gasteiger partial charge >= 0.3 is 0 Å². The van der Waals surface area contributed by atoms with Crippen molar-refractivity contribution in [1.29, 1.82) is 0 Å². The molecule has 0 bridgehead atoms. The van der Waals surface area contributed by atoms with Crippen LogP contribution in [0.15, 0.2) is 5.16 Å². The lowest BCUT2D eigenvalue weighted by Gasteiger charge is -2.24. The van der Waals surface area contributed by atoms with E-state index in [1.807, 2.05) is 6.92 Å². The maximum atomic E-state index is 8.55. The Kier molecular flexibility index (Phi) is 4.20. The van der Waals surface area contributed by atoms with Gasteiger partial charge in [-0.1, -0.05) is 19.0 Å². The molecule has 0 heterocycles. The standard InChI is InChI=1S/C10H21N3O/c1-3-6-13(9-4-5-9)7-8(2)10(11)12-14/h8-9,14H,3-7H2,1-2H3,(H2,11,12). The van der Waals surface area contributed by atoms with Crippen molar-refractivity contribution in [3.8, 4) is 0 Å². The number of hydrogen-bond acceptors (Lipinski definition) is 3. The van der Waals surface area contributed by atoms with Crippen LogP contribution in [0.5, 0.6) is 0 Å². The Labute approximate surface area is 85.8 Å². The summed E-state index contributed by atoms with van der Waals surface area (Å²) < 4.78 is 0. The first-order chi connectivity index (χ1) is 6.69. The highest BCUT2D eigenvalue weighted by Crippen LogP contribution is 2.27. The minimum atomic E-state index is 0.146. The van der Waals surface area contributed by atoms with Crippen molar-refractivity contribution in [3.63, 3.8) is 0 Å². The van der Waals surface area contributed by atoms with E-state index in [4.69, 9.17) is 10.9 Å². The van der Waals surface area contributed by atoms with Crippen LogP contribution >= 0.6 is 0 Å². The minimum absolute atomic E-state index is 0.146. The quantitative estimate of drug-likeness (QED) is 0.293. The van der Waals surface area contributed by atoms with E-state index in [9.17, 15) is 0 Å². The summed E-state index contributed by atoms with van der Waals surface area (Å²) in [4.78, 5) is 2.45. The largest absolute Gasteiger partial charge is 0.409 e. The summed E-state index contributed by atoms with van der Waals surface area (Å²) in [6, 6.07) is 0.754. The van der Waals surface area contributed by atoms with Gasteiger partial charge in [0, 0.05) is 18.5 Å². The van der Waals surface area contributed by atoms with E-state index in [0.29, 0.717) is 5.84 Å². The van der Waals surface area contributed by atoms with Crippen LogP contribution in [0.4, 0.5) is 0 Å². The van der Waals surface area contributed by atoms with Crippen LogP contribution in [0, 0.1) is 5.92 Å². The second-order valence-corrected chi connectivity index (χ2v) is 4.15. The fourth-order valence-electron chi connectivity index (χ4n) is 1.69. The molecule has 0 saturated heterocycles. The van der Waals surface area contributed by atoms with Crippen molar-refractivity contribution in [1.82, 2.24) is 4.90 Å². The van der Waals surface area contributed by atoms with Gasteiger partial charge in [0.15, 0.2) is 0 Å². The molecule has 82 valence electrons. The zero-order valence-electron chi connectivity index (χ0n) is 9.11. The van der Waals surface area contributed by atoms with E-state index in [1.54, 1.807) is 0 Å². The molecule has 0 radical (unpaired) electrons. The second-order valence-electron chi connectivity index (χ2n) is 4.15. The number of nitrogens with zero attached hydrogens (tertiary/aromatic N) is 2. The monoisotopic (exact) mass is 199 g/mol. The lowest BCUT2D eigenvalue weighted by atomic mass is 10.1. The van der Waals surface area contributed by atoms with Gasteiger partial charge in [-0.15, -0.1) is 0 Å².